The zero-order chi connectivity index (χ0) is 35.3. The molecule has 4 aromatic carbocycles. The molecule has 1 amide bonds. The van der Waals surface area contributed by atoms with Gasteiger partial charge in [-0.15, -0.1) is 0 Å². The van der Waals surface area contributed by atoms with E-state index in [9.17, 15) is 14.4 Å². The molecule has 1 heterocycles. The first-order valence-electron chi connectivity index (χ1n) is 15.4. The van der Waals surface area contributed by atoms with Crippen molar-refractivity contribution in [1.82, 2.24) is 4.57 Å². The monoisotopic (exact) mass is 666 g/mol. The van der Waals surface area contributed by atoms with Gasteiger partial charge >= 0.3 is 12.1 Å². The van der Waals surface area contributed by atoms with E-state index < -0.39 is 23.2 Å². The summed E-state index contributed by atoms with van der Waals surface area (Å²) in [5.74, 6) is 0.578. The van der Waals surface area contributed by atoms with Crippen LogP contribution in [0.1, 0.15) is 36.8 Å². The fourth-order valence-corrected chi connectivity index (χ4v) is 5.44. The number of fused-ring (bicyclic) bond motifs is 1. The Kier molecular flexibility index (Phi) is 10.1. The molecule has 254 valence electrons. The minimum atomic E-state index is -0.769. The molecular weight excluding hydrogens is 628 g/mol. The van der Waals surface area contributed by atoms with Gasteiger partial charge in [0.2, 0.25) is 5.75 Å². The lowest BCUT2D eigenvalue weighted by Crippen LogP contribution is -2.28. The first kappa shape index (κ1) is 34.4. The molecule has 49 heavy (non-hydrogen) atoms. The number of esters is 1. The Bertz CT molecular complexity index is 2020. The quantitative estimate of drug-likeness (QED) is 0.152. The van der Waals surface area contributed by atoms with Crippen LogP contribution in [0.2, 0.25) is 0 Å². The van der Waals surface area contributed by atoms with Crippen LogP contribution in [0.3, 0.4) is 0 Å². The summed E-state index contributed by atoms with van der Waals surface area (Å²) in [6.07, 6.45) is -0.636. The molecule has 0 aliphatic rings. The number of benzene rings is 4. The normalized spacial score (nSPS) is 11.1. The predicted molar refractivity (Wildman–Crippen MR) is 187 cm³/mol. The summed E-state index contributed by atoms with van der Waals surface area (Å²) in [5, 5.41) is 3.35. The van der Waals surface area contributed by atoms with Crippen molar-refractivity contribution < 1.29 is 38.0 Å². The first-order valence-corrected chi connectivity index (χ1v) is 15.4. The van der Waals surface area contributed by atoms with E-state index in [4.69, 9.17) is 28.4 Å². The van der Waals surface area contributed by atoms with Gasteiger partial charge in [0.25, 0.3) is 5.56 Å². The van der Waals surface area contributed by atoms with Crippen molar-refractivity contribution in [2.24, 2.45) is 0 Å². The number of nitrogens with zero attached hydrogens (tertiary/aromatic N) is 1. The third kappa shape index (κ3) is 7.30. The highest BCUT2D eigenvalue weighted by Crippen LogP contribution is 2.44. The molecule has 0 fully saturated rings. The first-order chi connectivity index (χ1) is 23.5. The topological polar surface area (TPSA) is 124 Å². The Morgan fingerprint density at radius 3 is 2.00 bits per heavy atom. The van der Waals surface area contributed by atoms with Gasteiger partial charge in [-0.2, -0.15) is 0 Å². The van der Waals surface area contributed by atoms with Crippen molar-refractivity contribution in [2.45, 2.75) is 33.0 Å². The average Bonchev–Trinajstić information content (AvgIpc) is 3.09. The van der Waals surface area contributed by atoms with Crippen molar-refractivity contribution in [3.8, 4) is 39.8 Å². The third-order valence-electron chi connectivity index (χ3n) is 7.51. The van der Waals surface area contributed by atoms with Crippen LogP contribution in [-0.2, 0) is 16.1 Å². The van der Waals surface area contributed by atoms with E-state index in [0.717, 1.165) is 5.56 Å². The van der Waals surface area contributed by atoms with Crippen molar-refractivity contribution in [3.05, 3.63) is 107 Å². The minimum absolute atomic E-state index is 0.0534. The van der Waals surface area contributed by atoms with Gasteiger partial charge < -0.3 is 28.4 Å². The molecule has 0 aliphatic heterocycles. The van der Waals surface area contributed by atoms with Crippen LogP contribution in [0.4, 0.5) is 10.5 Å². The minimum Gasteiger partial charge on any atom is -0.493 e. The Labute approximate surface area is 283 Å². The van der Waals surface area contributed by atoms with Gasteiger partial charge in [0.1, 0.15) is 23.7 Å². The molecule has 0 spiro atoms. The Hall–Kier alpha value is -5.97. The number of ether oxygens (including phenoxy) is 6. The lowest BCUT2D eigenvalue weighted by Gasteiger charge is -2.22. The van der Waals surface area contributed by atoms with Gasteiger partial charge in [0.15, 0.2) is 11.5 Å². The second-order valence-electron chi connectivity index (χ2n) is 11.9. The SMILES string of the molecule is COC(=O)c1c(-c2cc(OC)c(OC)c(OC)c2)c2cccc(OCc3ccccc3)c2c(=O)n1-c1ccc(NC(=O)OC(C)(C)C)cc1. The maximum absolute atomic E-state index is 14.7. The number of hydrogen-bond acceptors (Lipinski definition) is 9. The van der Waals surface area contributed by atoms with Crippen molar-refractivity contribution in [3.63, 3.8) is 0 Å². The second-order valence-corrected chi connectivity index (χ2v) is 11.9. The van der Waals surface area contributed by atoms with Gasteiger partial charge in [-0.3, -0.25) is 14.7 Å². The van der Waals surface area contributed by atoms with E-state index in [2.05, 4.69) is 5.32 Å². The van der Waals surface area contributed by atoms with Crippen molar-refractivity contribution >= 4 is 28.5 Å². The number of rotatable bonds is 10. The number of carbonyl (C=O) groups excluding carboxylic acids is 2. The van der Waals surface area contributed by atoms with Gasteiger partial charge in [-0.1, -0.05) is 42.5 Å². The Balaban J connectivity index is 1.81. The highest BCUT2D eigenvalue weighted by molar-refractivity contribution is 6.09. The van der Waals surface area contributed by atoms with Crippen LogP contribution in [0, 0.1) is 0 Å². The maximum atomic E-state index is 14.7. The zero-order valence-corrected chi connectivity index (χ0v) is 28.4. The lowest BCUT2D eigenvalue weighted by atomic mass is 9.95. The molecule has 0 saturated carbocycles. The van der Waals surface area contributed by atoms with Crippen LogP contribution in [-0.4, -0.2) is 50.7 Å². The second kappa shape index (κ2) is 14.4. The van der Waals surface area contributed by atoms with Gasteiger partial charge in [0.05, 0.1) is 33.8 Å². The van der Waals surface area contributed by atoms with E-state index in [0.29, 0.717) is 50.9 Å². The molecule has 0 unspecified atom stereocenters. The number of pyridine rings is 1. The van der Waals surface area contributed by atoms with Gasteiger partial charge in [-0.25, -0.2) is 9.59 Å². The summed E-state index contributed by atoms with van der Waals surface area (Å²) in [6.45, 7) is 5.49. The summed E-state index contributed by atoms with van der Waals surface area (Å²) in [4.78, 5) is 40.9. The Morgan fingerprint density at radius 2 is 1.43 bits per heavy atom. The molecule has 0 saturated heterocycles. The van der Waals surface area contributed by atoms with Crippen LogP contribution in [0.25, 0.3) is 27.6 Å². The average molecular weight is 667 g/mol. The molecule has 0 bridgehead atoms. The van der Waals surface area contributed by atoms with Crippen LogP contribution in [0.5, 0.6) is 23.0 Å². The molecule has 0 radical (unpaired) electrons. The molecule has 1 aromatic heterocycles. The highest BCUT2D eigenvalue weighted by Gasteiger charge is 2.28. The standard InChI is InChI=1S/C38H38N2O9/c1-38(2,3)49-37(43)39-25-16-18-26(19-17-25)40-33(36(42)47-7)31(24-20-29(44-4)34(46-6)30(21-24)45-5)27-14-11-15-28(32(27)35(40)41)48-22-23-12-9-8-10-13-23/h8-21H,22H2,1-7H3,(H,39,43). The molecule has 5 aromatic rings. The van der Waals surface area contributed by atoms with Crippen LogP contribution in [0.15, 0.2) is 89.7 Å². The summed E-state index contributed by atoms with van der Waals surface area (Å²) in [5.41, 5.74) is 1.23. The fraction of sp³-hybridized carbons (Fsp3) is 0.237. The van der Waals surface area contributed by atoms with Crippen molar-refractivity contribution in [2.75, 3.05) is 33.8 Å². The smallest absolute Gasteiger partial charge is 0.412 e. The summed E-state index contributed by atoms with van der Waals surface area (Å²) >= 11 is 0. The summed E-state index contributed by atoms with van der Waals surface area (Å²) in [6, 6.07) is 24.6. The van der Waals surface area contributed by atoms with Crippen LogP contribution < -0.4 is 29.8 Å². The number of amides is 1. The number of anilines is 1. The molecular formula is C38H38N2O9. The number of methoxy groups -OCH3 is 4. The Morgan fingerprint density at radius 1 is 0.776 bits per heavy atom. The fourth-order valence-electron chi connectivity index (χ4n) is 5.44. The third-order valence-corrected chi connectivity index (χ3v) is 7.51. The van der Waals surface area contributed by atoms with E-state index in [1.54, 1.807) is 75.4 Å². The van der Waals surface area contributed by atoms with Gasteiger partial charge in [-0.05, 0) is 74.4 Å². The van der Waals surface area contributed by atoms with E-state index >= 15 is 0 Å². The lowest BCUT2D eigenvalue weighted by molar-refractivity contribution is 0.0589. The van der Waals surface area contributed by atoms with E-state index in [-0.39, 0.29) is 17.7 Å². The molecule has 1 N–H and O–H groups in total. The summed E-state index contributed by atoms with van der Waals surface area (Å²) in [7, 11) is 5.72. The largest absolute Gasteiger partial charge is 0.493 e. The number of hydrogen-bond donors (Lipinski definition) is 1. The molecule has 11 nitrogen and oxygen atoms in total. The van der Waals surface area contributed by atoms with Gasteiger partial charge in [0, 0.05) is 22.3 Å². The zero-order valence-electron chi connectivity index (χ0n) is 28.4. The number of carbonyl (C=O) groups is 2. The maximum Gasteiger partial charge on any atom is 0.412 e. The molecule has 11 heteroatoms. The highest BCUT2D eigenvalue weighted by atomic mass is 16.6. The number of aromatic nitrogens is 1. The van der Waals surface area contributed by atoms with Crippen LogP contribution >= 0.6 is 0 Å². The molecule has 0 aliphatic carbocycles. The summed E-state index contributed by atoms with van der Waals surface area (Å²) < 4.78 is 35.0. The van der Waals surface area contributed by atoms with E-state index in [1.807, 2.05) is 30.3 Å². The number of nitrogens with one attached hydrogen (secondary N) is 1. The predicted octanol–water partition coefficient (Wildman–Crippen LogP) is 7.40. The van der Waals surface area contributed by atoms with E-state index in [1.165, 1.54) is 33.0 Å². The molecule has 5 rings (SSSR count). The molecule has 0 atom stereocenters. The van der Waals surface area contributed by atoms with Crippen molar-refractivity contribution in [1.29, 1.82) is 0 Å².